The van der Waals surface area contributed by atoms with Crippen LogP contribution in [0.5, 0.6) is 0 Å². The van der Waals surface area contributed by atoms with Crippen molar-refractivity contribution in [1.29, 1.82) is 0 Å². The quantitative estimate of drug-likeness (QED) is 0.270. The number of aromatic nitrogens is 3. The van der Waals surface area contributed by atoms with E-state index in [1.54, 1.807) is 0 Å². The lowest BCUT2D eigenvalue weighted by Gasteiger charge is -2.27. The number of nitrogens with zero attached hydrogens (tertiary/aromatic N) is 6. The maximum Gasteiger partial charge on any atom is 0.194 e. The van der Waals surface area contributed by atoms with Gasteiger partial charge in [-0.3, -0.25) is 4.90 Å². The van der Waals surface area contributed by atoms with Crippen LogP contribution in [0.3, 0.4) is 0 Å². The second-order valence-corrected chi connectivity index (χ2v) is 6.75. The van der Waals surface area contributed by atoms with Gasteiger partial charge in [0.15, 0.2) is 11.8 Å². The van der Waals surface area contributed by atoms with E-state index in [9.17, 15) is 0 Å². The molecule has 0 spiro atoms. The molecule has 0 aliphatic carbocycles. The van der Waals surface area contributed by atoms with Gasteiger partial charge in [-0.05, 0) is 32.9 Å². The Balaban J connectivity index is 0.00000338. The number of aryl methyl sites for hydroxylation is 1. The van der Waals surface area contributed by atoms with Crippen LogP contribution >= 0.6 is 24.0 Å². The number of guanidine groups is 1. The Hall–Kier alpha value is -0.900. The number of rotatable bonds is 8. The van der Waals surface area contributed by atoms with Crippen LogP contribution in [0.2, 0.25) is 0 Å². The van der Waals surface area contributed by atoms with E-state index in [-0.39, 0.29) is 24.0 Å². The van der Waals surface area contributed by atoms with Gasteiger partial charge in [0.1, 0.15) is 12.4 Å². The minimum atomic E-state index is 0. The first-order valence-corrected chi connectivity index (χ1v) is 9.72. The van der Waals surface area contributed by atoms with E-state index in [2.05, 4.69) is 46.1 Å². The lowest BCUT2D eigenvalue weighted by Crippen LogP contribution is -2.43. The van der Waals surface area contributed by atoms with Crippen LogP contribution < -0.4 is 5.32 Å². The Morgan fingerprint density at radius 2 is 2.00 bits per heavy atom. The van der Waals surface area contributed by atoms with Crippen LogP contribution in [0.1, 0.15) is 51.7 Å². The topological polar surface area (TPSA) is 61.6 Å². The zero-order chi connectivity index (χ0) is 18.2. The molecule has 1 N–H and O–H groups in total. The van der Waals surface area contributed by atoms with Crippen molar-refractivity contribution >= 4 is 29.9 Å². The van der Waals surface area contributed by atoms with E-state index in [1.165, 1.54) is 12.8 Å². The van der Waals surface area contributed by atoms with Gasteiger partial charge in [-0.1, -0.05) is 27.2 Å². The average molecular weight is 477 g/mol. The maximum atomic E-state index is 4.86. The fraction of sp³-hybridized carbons (Fsp3) is 0.833. The van der Waals surface area contributed by atoms with Crippen molar-refractivity contribution in [3.05, 3.63) is 11.6 Å². The molecule has 0 radical (unpaired) electrons. The monoisotopic (exact) mass is 477 g/mol. The normalized spacial score (nSPS) is 17.7. The van der Waals surface area contributed by atoms with Gasteiger partial charge in [0.25, 0.3) is 0 Å². The van der Waals surface area contributed by atoms with Crippen molar-refractivity contribution in [3.8, 4) is 0 Å². The molecule has 1 aromatic rings. The number of nitrogens with one attached hydrogen (secondary N) is 1. The summed E-state index contributed by atoms with van der Waals surface area (Å²) in [6, 6.07) is 0.630. The van der Waals surface area contributed by atoms with Gasteiger partial charge in [0.05, 0.1) is 0 Å². The molecule has 0 saturated carbocycles. The van der Waals surface area contributed by atoms with Gasteiger partial charge in [-0.25, -0.2) is 4.99 Å². The molecule has 0 amide bonds. The van der Waals surface area contributed by atoms with Crippen LogP contribution in [-0.4, -0.2) is 69.3 Å². The molecule has 1 fully saturated rings. The van der Waals surface area contributed by atoms with Crippen LogP contribution in [0, 0.1) is 6.92 Å². The van der Waals surface area contributed by atoms with Crippen molar-refractivity contribution in [2.75, 3.05) is 32.7 Å². The molecule has 1 aliphatic heterocycles. The van der Waals surface area contributed by atoms with Crippen molar-refractivity contribution < 1.29 is 0 Å². The summed E-state index contributed by atoms with van der Waals surface area (Å²) in [5.41, 5.74) is 0. The number of halogens is 1. The third-order valence-corrected chi connectivity index (χ3v) is 5.16. The number of likely N-dealkylation sites (N-methyl/N-ethyl adjacent to an activating group) is 1. The summed E-state index contributed by atoms with van der Waals surface area (Å²) in [5, 5.41) is 11.9. The molecule has 1 aromatic heterocycles. The SMILES string of the molecule is CCCCNC(=NCc1nnc(C)n1C)N1CCC(N(CC)CC)C1.I. The summed E-state index contributed by atoms with van der Waals surface area (Å²) in [5.74, 6) is 2.85. The summed E-state index contributed by atoms with van der Waals surface area (Å²) >= 11 is 0. The zero-order valence-corrected chi connectivity index (χ0v) is 19.4. The molecule has 7 nitrogen and oxygen atoms in total. The molecule has 1 aliphatic rings. The first-order chi connectivity index (χ1) is 12.1. The van der Waals surface area contributed by atoms with Gasteiger partial charge >= 0.3 is 0 Å². The molecular weight excluding hydrogens is 441 g/mol. The summed E-state index contributed by atoms with van der Waals surface area (Å²) in [6.45, 7) is 14.6. The molecule has 0 bridgehead atoms. The third kappa shape index (κ3) is 6.07. The van der Waals surface area contributed by atoms with Crippen molar-refractivity contribution in [3.63, 3.8) is 0 Å². The molecular formula is C18H36IN7. The Labute approximate surface area is 175 Å². The molecule has 8 heteroatoms. The number of hydrogen-bond donors (Lipinski definition) is 1. The van der Waals surface area contributed by atoms with E-state index in [1.807, 2.05) is 18.5 Å². The number of unbranched alkanes of at least 4 members (excludes halogenated alkanes) is 1. The highest BCUT2D eigenvalue weighted by atomic mass is 127. The predicted octanol–water partition coefficient (Wildman–Crippen LogP) is 2.40. The van der Waals surface area contributed by atoms with E-state index >= 15 is 0 Å². The van der Waals surface area contributed by atoms with Gasteiger partial charge in [0.2, 0.25) is 0 Å². The minimum absolute atomic E-state index is 0. The average Bonchev–Trinajstić information content (AvgIpc) is 3.21. The Kier molecular flexibility index (Phi) is 10.4. The van der Waals surface area contributed by atoms with Crippen LogP contribution in [-0.2, 0) is 13.6 Å². The second kappa shape index (κ2) is 11.7. The van der Waals surface area contributed by atoms with Crippen molar-refractivity contribution in [2.24, 2.45) is 12.0 Å². The molecule has 2 heterocycles. The predicted molar refractivity (Wildman–Crippen MR) is 118 cm³/mol. The maximum absolute atomic E-state index is 4.86. The van der Waals surface area contributed by atoms with E-state index in [0.717, 1.165) is 56.8 Å². The largest absolute Gasteiger partial charge is 0.356 e. The lowest BCUT2D eigenvalue weighted by atomic mass is 10.2. The Morgan fingerprint density at radius 1 is 1.27 bits per heavy atom. The Bertz CT molecular complexity index is 554. The molecule has 150 valence electrons. The lowest BCUT2D eigenvalue weighted by molar-refractivity contribution is 0.223. The van der Waals surface area contributed by atoms with Gasteiger partial charge in [-0.15, -0.1) is 34.2 Å². The van der Waals surface area contributed by atoms with Crippen LogP contribution in [0.4, 0.5) is 0 Å². The number of aliphatic imine (C=N–C) groups is 1. The summed E-state index contributed by atoms with van der Waals surface area (Å²) in [4.78, 5) is 9.81. The van der Waals surface area contributed by atoms with Gasteiger partial charge in [0, 0.05) is 32.7 Å². The van der Waals surface area contributed by atoms with Crippen LogP contribution in [0.15, 0.2) is 4.99 Å². The molecule has 0 aromatic carbocycles. The molecule has 1 unspecified atom stereocenters. The van der Waals surface area contributed by atoms with E-state index in [0.29, 0.717) is 12.6 Å². The third-order valence-electron chi connectivity index (χ3n) is 5.16. The smallest absolute Gasteiger partial charge is 0.194 e. The molecule has 1 saturated heterocycles. The minimum Gasteiger partial charge on any atom is -0.356 e. The second-order valence-electron chi connectivity index (χ2n) is 6.75. The zero-order valence-electron chi connectivity index (χ0n) is 17.0. The summed E-state index contributed by atoms with van der Waals surface area (Å²) in [7, 11) is 2.00. The molecule has 26 heavy (non-hydrogen) atoms. The fourth-order valence-electron chi connectivity index (χ4n) is 3.35. The van der Waals surface area contributed by atoms with Crippen LogP contribution in [0.25, 0.3) is 0 Å². The van der Waals surface area contributed by atoms with Crippen molar-refractivity contribution in [2.45, 2.75) is 59.5 Å². The molecule has 2 rings (SSSR count). The highest BCUT2D eigenvalue weighted by Gasteiger charge is 2.28. The highest BCUT2D eigenvalue weighted by molar-refractivity contribution is 14.0. The first-order valence-electron chi connectivity index (χ1n) is 9.72. The number of likely N-dealkylation sites (tertiary alicyclic amines) is 1. The van der Waals surface area contributed by atoms with Gasteiger partial charge < -0.3 is 14.8 Å². The summed E-state index contributed by atoms with van der Waals surface area (Å²) < 4.78 is 2.01. The van der Waals surface area contributed by atoms with Crippen molar-refractivity contribution in [1.82, 2.24) is 29.9 Å². The van der Waals surface area contributed by atoms with E-state index < -0.39 is 0 Å². The fourth-order valence-corrected chi connectivity index (χ4v) is 3.35. The van der Waals surface area contributed by atoms with E-state index in [4.69, 9.17) is 4.99 Å². The van der Waals surface area contributed by atoms with Gasteiger partial charge in [-0.2, -0.15) is 0 Å². The molecule has 1 atom stereocenters. The Morgan fingerprint density at radius 3 is 2.58 bits per heavy atom. The standard InChI is InChI=1S/C18H35N7.HI/c1-6-9-11-19-18(20-13-17-22-21-15(4)23(17)5)25-12-10-16(14-25)24(7-2)8-3;/h16H,6-14H2,1-5H3,(H,19,20);1H. The highest BCUT2D eigenvalue weighted by Crippen LogP contribution is 2.16. The summed E-state index contributed by atoms with van der Waals surface area (Å²) in [6.07, 6.45) is 3.56. The number of hydrogen-bond acceptors (Lipinski definition) is 4. The first kappa shape index (κ1) is 23.1.